The number of ether oxygens (including phenoxy) is 1. The fraction of sp³-hybridized carbons (Fsp3) is 0.542. The van der Waals surface area contributed by atoms with E-state index in [1.54, 1.807) is 13.2 Å². The number of carbonyl (C=O) groups is 3. The van der Waals surface area contributed by atoms with Crippen LogP contribution in [0.5, 0.6) is 0 Å². The van der Waals surface area contributed by atoms with Crippen molar-refractivity contribution in [2.24, 2.45) is 13.0 Å². The fourth-order valence-corrected chi connectivity index (χ4v) is 4.98. The van der Waals surface area contributed by atoms with Gasteiger partial charge >= 0.3 is 0 Å². The number of piperidine rings is 1. The predicted octanol–water partition coefficient (Wildman–Crippen LogP) is 0.339. The summed E-state index contributed by atoms with van der Waals surface area (Å²) in [6.07, 6.45) is 6.11. The first kappa shape index (κ1) is 28.7. The highest BCUT2D eigenvalue weighted by Gasteiger charge is 2.40. The summed E-state index contributed by atoms with van der Waals surface area (Å²) >= 11 is 0. The summed E-state index contributed by atoms with van der Waals surface area (Å²) in [7, 11) is 3.62. The standard InChI is InChI=1S/C22H31N5O3.2CH2O2/c1-25-10-8-23-20(25)6-9-26-14-16-12-17(15-26)19(13-24-21(28)7-11-30-2)27-18(16)4-3-5-22(27)29;2*2-1-3/h3-5,8,10,16-17,19H,6-7,9,11-15H2,1-2H3,(H,24,28);2*1H,(H,2,3)/t16-,17+,19+;;/m1../s1. The number of fused-ring (bicyclic) bond motifs is 4. The minimum Gasteiger partial charge on any atom is -0.483 e. The van der Waals surface area contributed by atoms with Crippen LogP contribution in [0.25, 0.3) is 0 Å². The van der Waals surface area contributed by atoms with Gasteiger partial charge in [-0.25, -0.2) is 4.98 Å². The Hall–Kier alpha value is -3.51. The van der Waals surface area contributed by atoms with E-state index in [9.17, 15) is 9.59 Å². The lowest BCUT2D eigenvalue weighted by molar-refractivity contribution is -0.123. The molecule has 12 nitrogen and oxygen atoms in total. The Morgan fingerprint density at radius 2 is 1.97 bits per heavy atom. The van der Waals surface area contributed by atoms with Crippen LogP contribution in [-0.2, 0) is 32.6 Å². The lowest BCUT2D eigenvalue weighted by Gasteiger charge is -2.47. The number of pyridine rings is 1. The number of carboxylic acid groups (broad SMARTS) is 2. The zero-order chi connectivity index (χ0) is 26.5. The molecule has 0 radical (unpaired) electrons. The van der Waals surface area contributed by atoms with Gasteiger partial charge in [-0.05, 0) is 18.4 Å². The molecule has 0 aromatic carbocycles. The molecule has 2 aromatic rings. The third kappa shape index (κ3) is 7.75. The van der Waals surface area contributed by atoms with Crippen LogP contribution in [-0.4, -0.2) is 88.0 Å². The average Bonchev–Trinajstić information content (AvgIpc) is 3.27. The molecule has 4 heterocycles. The molecule has 3 N–H and O–H groups in total. The van der Waals surface area contributed by atoms with Crippen molar-refractivity contribution in [3.05, 3.63) is 52.5 Å². The van der Waals surface area contributed by atoms with Crippen LogP contribution < -0.4 is 10.9 Å². The largest absolute Gasteiger partial charge is 0.483 e. The number of nitrogens with zero attached hydrogens (tertiary/aromatic N) is 4. The summed E-state index contributed by atoms with van der Waals surface area (Å²) in [5, 5.41) is 16.8. The lowest BCUT2D eigenvalue weighted by atomic mass is 9.78. The van der Waals surface area contributed by atoms with Crippen LogP contribution in [0.3, 0.4) is 0 Å². The zero-order valence-corrected chi connectivity index (χ0v) is 20.7. The molecule has 198 valence electrons. The number of hydrogen-bond donors (Lipinski definition) is 3. The van der Waals surface area contributed by atoms with E-state index in [-0.39, 0.29) is 30.5 Å². The lowest BCUT2D eigenvalue weighted by Crippen LogP contribution is -2.52. The number of nitrogens with one attached hydrogen (secondary N) is 1. The van der Waals surface area contributed by atoms with Crippen molar-refractivity contribution < 1.29 is 29.3 Å². The first-order valence-electron chi connectivity index (χ1n) is 11.7. The maximum atomic E-state index is 12.7. The maximum absolute atomic E-state index is 12.7. The smallest absolute Gasteiger partial charge is 0.290 e. The minimum absolute atomic E-state index is 0.0209. The molecule has 0 aliphatic carbocycles. The average molecular weight is 506 g/mol. The summed E-state index contributed by atoms with van der Waals surface area (Å²) in [5.41, 5.74) is 1.12. The van der Waals surface area contributed by atoms with E-state index in [1.165, 1.54) is 0 Å². The molecule has 2 aliphatic heterocycles. The minimum atomic E-state index is -0.250. The topological polar surface area (TPSA) is 156 Å². The van der Waals surface area contributed by atoms with E-state index >= 15 is 0 Å². The number of carbonyl (C=O) groups excluding carboxylic acids is 1. The molecule has 0 saturated carbocycles. The second-order valence-electron chi connectivity index (χ2n) is 8.64. The molecule has 12 heteroatoms. The maximum Gasteiger partial charge on any atom is 0.290 e. The number of aryl methyl sites for hydroxylation is 1. The number of aromatic nitrogens is 3. The second-order valence-corrected chi connectivity index (χ2v) is 8.64. The van der Waals surface area contributed by atoms with E-state index in [1.807, 2.05) is 30.1 Å². The molecule has 1 saturated heterocycles. The highest BCUT2D eigenvalue weighted by molar-refractivity contribution is 5.75. The van der Waals surface area contributed by atoms with Crippen LogP contribution in [0.1, 0.15) is 36.3 Å². The molecule has 2 aromatic heterocycles. The Morgan fingerprint density at radius 3 is 2.61 bits per heavy atom. The highest BCUT2D eigenvalue weighted by atomic mass is 16.5. The molecule has 4 rings (SSSR count). The van der Waals surface area contributed by atoms with Gasteiger partial charge in [0, 0.05) is 83.3 Å². The molecule has 1 fully saturated rings. The molecule has 2 aliphatic rings. The third-order valence-corrected chi connectivity index (χ3v) is 6.49. The SMILES string of the molecule is COCCC(=O)NC[C@H]1[C@H]2C[C@H](CN(CCc3nccn3C)C2)c2cccc(=O)n21.O=CO.O=CO. The molecule has 1 amide bonds. The van der Waals surface area contributed by atoms with Gasteiger partial charge in [-0.3, -0.25) is 19.2 Å². The normalized spacial score (nSPS) is 20.0. The van der Waals surface area contributed by atoms with E-state index in [2.05, 4.69) is 25.8 Å². The van der Waals surface area contributed by atoms with Crippen LogP contribution in [0.2, 0.25) is 0 Å². The second kappa shape index (κ2) is 14.8. The Morgan fingerprint density at radius 1 is 1.25 bits per heavy atom. The van der Waals surface area contributed by atoms with Crippen molar-refractivity contribution in [3.63, 3.8) is 0 Å². The van der Waals surface area contributed by atoms with E-state index in [0.29, 0.717) is 31.4 Å². The number of hydrogen-bond acceptors (Lipinski definition) is 7. The van der Waals surface area contributed by atoms with Crippen molar-refractivity contribution in [2.75, 3.05) is 39.9 Å². The number of likely N-dealkylation sites (tertiary alicyclic amines) is 1. The van der Waals surface area contributed by atoms with Gasteiger partial charge in [-0.2, -0.15) is 0 Å². The first-order valence-corrected chi connectivity index (χ1v) is 11.7. The Labute approximate surface area is 209 Å². The van der Waals surface area contributed by atoms with Crippen molar-refractivity contribution >= 4 is 18.9 Å². The summed E-state index contributed by atoms with van der Waals surface area (Å²) in [4.78, 5) is 48.5. The zero-order valence-electron chi connectivity index (χ0n) is 20.7. The molecule has 0 spiro atoms. The van der Waals surface area contributed by atoms with Gasteiger partial charge in [0.2, 0.25) is 5.91 Å². The Balaban J connectivity index is 0.000000693. The van der Waals surface area contributed by atoms with Gasteiger partial charge in [0.15, 0.2) is 0 Å². The highest BCUT2D eigenvalue weighted by Crippen LogP contribution is 2.40. The van der Waals surface area contributed by atoms with E-state index in [4.69, 9.17) is 24.5 Å². The van der Waals surface area contributed by atoms with Crippen LogP contribution >= 0.6 is 0 Å². The number of rotatable bonds is 8. The molecule has 3 atom stereocenters. The Bertz CT molecular complexity index is 1030. The number of amides is 1. The van der Waals surface area contributed by atoms with Crippen LogP contribution in [0.15, 0.2) is 35.4 Å². The van der Waals surface area contributed by atoms with Gasteiger partial charge in [-0.1, -0.05) is 6.07 Å². The summed E-state index contributed by atoms with van der Waals surface area (Å²) in [6.45, 7) is 3.21. The monoisotopic (exact) mass is 505 g/mol. The van der Waals surface area contributed by atoms with Crippen molar-refractivity contribution in [1.82, 2.24) is 24.3 Å². The van der Waals surface area contributed by atoms with Crippen molar-refractivity contribution in [1.29, 1.82) is 0 Å². The van der Waals surface area contributed by atoms with E-state index < -0.39 is 0 Å². The molecule has 36 heavy (non-hydrogen) atoms. The van der Waals surface area contributed by atoms with Crippen LogP contribution in [0.4, 0.5) is 0 Å². The molecule has 2 bridgehead atoms. The van der Waals surface area contributed by atoms with Gasteiger partial charge in [0.1, 0.15) is 5.82 Å². The number of imidazole rings is 1. The van der Waals surface area contributed by atoms with Crippen LogP contribution in [0, 0.1) is 5.92 Å². The first-order chi connectivity index (χ1) is 17.4. The van der Waals surface area contributed by atoms with Gasteiger partial charge in [0.05, 0.1) is 12.6 Å². The predicted molar refractivity (Wildman–Crippen MR) is 131 cm³/mol. The third-order valence-electron chi connectivity index (χ3n) is 6.49. The van der Waals surface area contributed by atoms with Gasteiger partial charge in [0.25, 0.3) is 18.5 Å². The van der Waals surface area contributed by atoms with E-state index in [0.717, 1.165) is 44.0 Å². The van der Waals surface area contributed by atoms with Crippen molar-refractivity contribution in [3.8, 4) is 0 Å². The fourth-order valence-electron chi connectivity index (χ4n) is 4.98. The summed E-state index contributed by atoms with van der Waals surface area (Å²) in [6, 6.07) is 5.54. The molecular weight excluding hydrogens is 470 g/mol. The van der Waals surface area contributed by atoms with Gasteiger partial charge in [-0.15, -0.1) is 0 Å². The molecular formula is C24H35N5O7. The Kier molecular flexibility index (Phi) is 11.8. The van der Waals surface area contributed by atoms with Gasteiger partial charge < -0.3 is 34.3 Å². The quantitative estimate of drug-likeness (QED) is 0.431. The van der Waals surface area contributed by atoms with Crippen molar-refractivity contribution in [2.45, 2.75) is 31.2 Å². The summed E-state index contributed by atoms with van der Waals surface area (Å²) < 4.78 is 9.00. The summed E-state index contributed by atoms with van der Waals surface area (Å²) in [5.74, 6) is 1.73. The number of methoxy groups -OCH3 is 1. The molecule has 0 unspecified atom stereocenters.